The maximum atomic E-state index is 13.0. The smallest absolute Gasteiger partial charge is 0.255 e. The van der Waals surface area contributed by atoms with E-state index in [1.165, 1.54) is 5.56 Å². The normalized spacial score (nSPS) is 13.9. The number of hydrogen-bond acceptors (Lipinski definition) is 3. The van der Waals surface area contributed by atoms with Gasteiger partial charge in [0.25, 0.3) is 5.91 Å². The van der Waals surface area contributed by atoms with E-state index in [2.05, 4.69) is 54.8 Å². The molecule has 0 unspecified atom stereocenters. The third kappa shape index (κ3) is 3.71. The van der Waals surface area contributed by atoms with E-state index in [-0.39, 0.29) is 5.91 Å². The molecule has 2 aromatic carbocycles. The summed E-state index contributed by atoms with van der Waals surface area (Å²) < 4.78 is 1.82. The first-order chi connectivity index (χ1) is 13.7. The molecule has 0 radical (unpaired) electrons. The van der Waals surface area contributed by atoms with Crippen LogP contribution < -0.4 is 10.6 Å². The molecule has 0 atom stereocenters. The van der Waals surface area contributed by atoms with Crippen LogP contribution in [0.5, 0.6) is 0 Å². The zero-order chi connectivity index (χ0) is 19.5. The molecule has 3 aromatic rings. The molecule has 1 amide bonds. The van der Waals surface area contributed by atoms with Crippen molar-refractivity contribution in [2.45, 2.75) is 20.3 Å². The highest BCUT2D eigenvalue weighted by molar-refractivity contribution is 6.00. The summed E-state index contributed by atoms with van der Waals surface area (Å²) in [5.41, 5.74) is 5.65. The van der Waals surface area contributed by atoms with Crippen LogP contribution in [0, 0.1) is 12.8 Å². The van der Waals surface area contributed by atoms with Gasteiger partial charge < -0.3 is 10.6 Å². The van der Waals surface area contributed by atoms with Gasteiger partial charge in [0.1, 0.15) is 5.69 Å². The Morgan fingerprint density at radius 2 is 1.93 bits per heavy atom. The molecular formula is C23H26N4O. The maximum Gasteiger partial charge on any atom is 0.255 e. The zero-order valence-corrected chi connectivity index (χ0v) is 16.4. The van der Waals surface area contributed by atoms with Crippen LogP contribution >= 0.6 is 0 Å². The van der Waals surface area contributed by atoms with E-state index in [0.29, 0.717) is 18.0 Å². The van der Waals surface area contributed by atoms with Crippen LogP contribution in [0.3, 0.4) is 0 Å². The Labute approximate surface area is 165 Å². The lowest BCUT2D eigenvalue weighted by atomic mass is 10.0. The topological polar surface area (TPSA) is 59.0 Å². The average Bonchev–Trinajstić information content (AvgIpc) is 3.12. The Balaban J connectivity index is 1.70. The lowest BCUT2D eigenvalue weighted by Gasteiger charge is -2.27. The maximum absolute atomic E-state index is 13.0. The summed E-state index contributed by atoms with van der Waals surface area (Å²) in [6, 6.07) is 16.4. The number of amides is 1. The molecule has 0 bridgehead atoms. The van der Waals surface area contributed by atoms with Crippen LogP contribution in [0.1, 0.15) is 28.4 Å². The largest absolute Gasteiger partial charge is 0.352 e. The van der Waals surface area contributed by atoms with Crippen molar-refractivity contribution in [3.63, 3.8) is 0 Å². The van der Waals surface area contributed by atoms with Crippen molar-refractivity contribution in [3.05, 3.63) is 71.4 Å². The highest BCUT2D eigenvalue weighted by atomic mass is 16.1. The number of carbonyl (C=O) groups excluding carboxylic acids is 1. The molecule has 1 aliphatic heterocycles. The highest BCUT2D eigenvalue weighted by Gasteiger charge is 2.22. The standard InChI is InChI=1S/C23H26N4O/c1-3-17-8-10-19(11-9-17)22-20(23(28)25-14-18-12-24-13-18)15-27(26-22)21-7-5-4-6-16(21)2/h4-11,15,18,24H,3,12-14H2,1-2H3,(H,25,28). The molecule has 4 rings (SSSR count). The monoisotopic (exact) mass is 374 g/mol. The lowest BCUT2D eigenvalue weighted by molar-refractivity contribution is 0.0943. The number of nitrogens with one attached hydrogen (secondary N) is 2. The van der Waals surface area contributed by atoms with E-state index in [4.69, 9.17) is 5.10 Å². The summed E-state index contributed by atoms with van der Waals surface area (Å²) in [5, 5.41) is 11.1. The Bertz CT molecular complexity index is 971. The van der Waals surface area contributed by atoms with E-state index in [1.807, 2.05) is 29.1 Å². The summed E-state index contributed by atoms with van der Waals surface area (Å²) in [5.74, 6) is 0.448. The highest BCUT2D eigenvalue weighted by Crippen LogP contribution is 2.25. The van der Waals surface area contributed by atoms with Gasteiger partial charge in [-0.05, 0) is 30.5 Å². The van der Waals surface area contributed by atoms with Crippen LogP contribution in [0.4, 0.5) is 0 Å². The van der Waals surface area contributed by atoms with E-state index >= 15 is 0 Å². The number of hydrogen-bond donors (Lipinski definition) is 2. The van der Waals surface area contributed by atoms with Gasteiger partial charge in [-0.2, -0.15) is 5.10 Å². The molecule has 1 aliphatic rings. The third-order valence-electron chi connectivity index (χ3n) is 5.37. The van der Waals surface area contributed by atoms with E-state index in [1.54, 1.807) is 0 Å². The fraction of sp³-hybridized carbons (Fsp3) is 0.304. The molecule has 0 saturated carbocycles. The second-order valence-electron chi connectivity index (χ2n) is 7.41. The molecule has 1 saturated heterocycles. The fourth-order valence-corrected chi connectivity index (χ4v) is 3.42. The van der Waals surface area contributed by atoms with Crippen LogP contribution in [-0.4, -0.2) is 35.3 Å². The first kappa shape index (κ1) is 18.4. The predicted molar refractivity (Wildman–Crippen MR) is 112 cm³/mol. The van der Waals surface area contributed by atoms with Crippen molar-refractivity contribution in [1.82, 2.24) is 20.4 Å². The summed E-state index contributed by atoms with van der Waals surface area (Å²) in [6.45, 7) is 6.81. The summed E-state index contributed by atoms with van der Waals surface area (Å²) in [6.07, 6.45) is 2.83. The summed E-state index contributed by atoms with van der Waals surface area (Å²) in [4.78, 5) is 13.0. The van der Waals surface area contributed by atoms with Gasteiger partial charge in [-0.1, -0.05) is 49.4 Å². The first-order valence-corrected chi connectivity index (χ1v) is 9.89. The lowest BCUT2D eigenvalue weighted by Crippen LogP contribution is -2.48. The Hall–Kier alpha value is -2.92. The molecule has 2 N–H and O–H groups in total. The summed E-state index contributed by atoms with van der Waals surface area (Å²) in [7, 11) is 0. The van der Waals surface area contributed by atoms with Crippen molar-refractivity contribution >= 4 is 5.91 Å². The molecule has 2 heterocycles. The van der Waals surface area contributed by atoms with E-state index in [0.717, 1.165) is 42.0 Å². The second-order valence-corrected chi connectivity index (χ2v) is 7.41. The van der Waals surface area contributed by atoms with Gasteiger partial charge in [0.2, 0.25) is 0 Å². The van der Waals surface area contributed by atoms with Gasteiger partial charge in [0, 0.05) is 37.3 Å². The van der Waals surface area contributed by atoms with Crippen molar-refractivity contribution in [2.24, 2.45) is 5.92 Å². The average molecular weight is 374 g/mol. The van der Waals surface area contributed by atoms with Gasteiger partial charge >= 0.3 is 0 Å². The number of carbonyl (C=O) groups is 1. The van der Waals surface area contributed by atoms with Crippen LogP contribution in [0.25, 0.3) is 16.9 Å². The minimum absolute atomic E-state index is 0.0682. The quantitative estimate of drug-likeness (QED) is 0.696. The van der Waals surface area contributed by atoms with Gasteiger partial charge in [-0.3, -0.25) is 4.79 Å². The predicted octanol–water partition coefficient (Wildman–Crippen LogP) is 3.36. The number of para-hydroxylation sites is 1. The third-order valence-corrected chi connectivity index (χ3v) is 5.37. The Morgan fingerprint density at radius 1 is 1.18 bits per heavy atom. The number of aryl methyl sites for hydroxylation is 2. The molecule has 5 heteroatoms. The van der Waals surface area contributed by atoms with E-state index in [9.17, 15) is 4.79 Å². The van der Waals surface area contributed by atoms with Gasteiger partial charge in [-0.15, -0.1) is 0 Å². The SMILES string of the molecule is CCc1ccc(-c2nn(-c3ccccc3C)cc2C(=O)NCC2CNC2)cc1. The number of nitrogens with zero attached hydrogens (tertiary/aromatic N) is 2. The Kier molecular flexibility index (Phi) is 5.26. The molecule has 0 spiro atoms. The molecule has 144 valence electrons. The molecular weight excluding hydrogens is 348 g/mol. The molecule has 5 nitrogen and oxygen atoms in total. The summed E-state index contributed by atoms with van der Waals surface area (Å²) >= 11 is 0. The molecule has 28 heavy (non-hydrogen) atoms. The minimum Gasteiger partial charge on any atom is -0.352 e. The zero-order valence-electron chi connectivity index (χ0n) is 16.4. The molecule has 1 fully saturated rings. The van der Waals surface area contributed by atoms with Gasteiger partial charge in [-0.25, -0.2) is 4.68 Å². The second kappa shape index (κ2) is 7.98. The van der Waals surface area contributed by atoms with Crippen LogP contribution in [0.15, 0.2) is 54.7 Å². The van der Waals surface area contributed by atoms with Crippen molar-refractivity contribution in [2.75, 3.05) is 19.6 Å². The molecule has 1 aromatic heterocycles. The van der Waals surface area contributed by atoms with E-state index < -0.39 is 0 Å². The van der Waals surface area contributed by atoms with Crippen molar-refractivity contribution in [3.8, 4) is 16.9 Å². The van der Waals surface area contributed by atoms with Crippen molar-refractivity contribution in [1.29, 1.82) is 0 Å². The molecule has 0 aliphatic carbocycles. The van der Waals surface area contributed by atoms with Crippen LogP contribution in [-0.2, 0) is 6.42 Å². The van der Waals surface area contributed by atoms with Gasteiger partial charge in [0.15, 0.2) is 0 Å². The number of rotatable bonds is 6. The minimum atomic E-state index is -0.0682. The number of benzene rings is 2. The van der Waals surface area contributed by atoms with Crippen LogP contribution in [0.2, 0.25) is 0 Å². The number of aromatic nitrogens is 2. The fourth-order valence-electron chi connectivity index (χ4n) is 3.42. The first-order valence-electron chi connectivity index (χ1n) is 9.89. The van der Waals surface area contributed by atoms with Crippen molar-refractivity contribution < 1.29 is 4.79 Å². The van der Waals surface area contributed by atoms with Gasteiger partial charge in [0.05, 0.1) is 11.3 Å². The Morgan fingerprint density at radius 3 is 2.57 bits per heavy atom.